The van der Waals surface area contributed by atoms with E-state index in [1.165, 1.54) is 0 Å². The minimum atomic E-state index is 0.312. The van der Waals surface area contributed by atoms with Gasteiger partial charge in [0.1, 0.15) is 5.76 Å². The second kappa shape index (κ2) is 5.04. The molecule has 18 heavy (non-hydrogen) atoms. The summed E-state index contributed by atoms with van der Waals surface area (Å²) in [6.07, 6.45) is 0. The van der Waals surface area contributed by atoms with Gasteiger partial charge < -0.3 is 19.2 Å². The fourth-order valence-electron chi connectivity index (χ4n) is 1.83. The second-order valence-electron chi connectivity index (χ2n) is 4.00. The van der Waals surface area contributed by atoms with E-state index >= 15 is 0 Å². The average Bonchev–Trinajstić information content (AvgIpc) is 2.97. The Balaban J connectivity index is 1.57. The highest BCUT2D eigenvalue weighted by molar-refractivity contribution is 9.10. The molecule has 0 fully saturated rings. The molecule has 5 heteroatoms. The summed E-state index contributed by atoms with van der Waals surface area (Å²) in [6, 6.07) is 9.78. The Morgan fingerprint density at radius 1 is 1.06 bits per heavy atom. The van der Waals surface area contributed by atoms with Crippen molar-refractivity contribution in [3.05, 3.63) is 46.3 Å². The van der Waals surface area contributed by atoms with Gasteiger partial charge in [-0.2, -0.15) is 0 Å². The van der Waals surface area contributed by atoms with Crippen molar-refractivity contribution in [1.82, 2.24) is 5.32 Å². The zero-order valence-corrected chi connectivity index (χ0v) is 11.2. The lowest BCUT2D eigenvalue weighted by molar-refractivity contribution is 0.174. The molecular formula is C13H12BrNO3. The molecule has 1 aliphatic heterocycles. The Labute approximate surface area is 113 Å². The molecule has 2 aromatic rings. The number of halogens is 1. The summed E-state index contributed by atoms with van der Waals surface area (Å²) in [5.74, 6) is 2.53. The maximum absolute atomic E-state index is 5.40. The molecule has 0 bridgehead atoms. The van der Waals surface area contributed by atoms with Gasteiger partial charge in [-0.05, 0) is 45.8 Å². The number of fused-ring (bicyclic) bond motifs is 1. The first-order chi connectivity index (χ1) is 8.81. The molecule has 1 N–H and O–H groups in total. The highest BCUT2D eigenvalue weighted by Crippen LogP contribution is 2.32. The first kappa shape index (κ1) is 11.6. The van der Waals surface area contributed by atoms with Gasteiger partial charge in [0.2, 0.25) is 6.79 Å². The number of furan rings is 1. The number of rotatable bonds is 4. The Kier molecular flexibility index (Phi) is 3.25. The van der Waals surface area contributed by atoms with E-state index in [2.05, 4.69) is 21.2 Å². The standard InChI is InChI=1S/C13H12BrNO3/c14-13-4-2-10(18-13)7-15-6-9-1-3-11-12(5-9)17-8-16-11/h1-5,15H,6-8H2. The van der Waals surface area contributed by atoms with E-state index in [1.807, 2.05) is 30.3 Å². The smallest absolute Gasteiger partial charge is 0.231 e. The minimum Gasteiger partial charge on any atom is -0.454 e. The maximum Gasteiger partial charge on any atom is 0.231 e. The summed E-state index contributed by atoms with van der Waals surface area (Å²) < 4.78 is 16.8. The van der Waals surface area contributed by atoms with Gasteiger partial charge in [-0.15, -0.1) is 0 Å². The van der Waals surface area contributed by atoms with Crippen LogP contribution in [0.4, 0.5) is 0 Å². The van der Waals surface area contributed by atoms with E-state index in [-0.39, 0.29) is 0 Å². The van der Waals surface area contributed by atoms with Crippen LogP contribution in [0.3, 0.4) is 0 Å². The molecule has 0 unspecified atom stereocenters. The molecule has 3 rings (SSSR count). The molecule has 1 aromatic carbocycles. The molecule has 94 valence electrons. The lowest BCUT2D eigenvalue weighted by Crippen LogP contribution is -2.11. The first-order valence-corrected chi connectivity index (χ1v) is 6.44. The van der Waals surface area contributed by atoms with Crippen LogP contribution in [0.1, 0.15) is 11.3 Å². The Morgan fingerprint density at radius 2 is 1.94 bits per heavy atom. The number of hydrogen-bond acceptors (Lipinski definition) is 4. The zero-order valence-electron chi connectivity index (χ0n) is 9.61. The van der Waals surface area contributed by atoms with Crippen molar-refractivity contribution >= 4 is 15.9 Å². The summed E-state index contributed by atoms with van der Waals surface area (Å²) in [5, 5.41) is 3.31. The van der Waals surface area contributed by atoms with Gasteiger partial charge in [0, 0.05) is 6.54 Å². The van der Waals surface area contributed by atoms with E-state index in [4.69, 9.17) is 13.9 Å². The summed E-state index contributed by atoms with van der Waals surface area (Å²) in [6.45, 7) is 1.77. The summed E-state index contributed by atoms with van der Waals surface area (Å²) >= 11 is 3.28. The second-order valence-corrected chi connectivity index (χ2v) is 4.78. The molecule has 0 amide bonds. The van der Waals surface area contributed by atoms with Crippen LogP contribution in [0.5, 0.6) is 11.5 Å². The minimum absolute atomic E-state index is 0.312. The summed E-state index contributed by atoms with van der Waals surface area (Å²) in [4.78, 5) is 0. The Morgan fingerprint density at radius 3 is 2.78 bits per heavy atom. The Hall–Kier alpha value is -1.46. The number of hydrogen-bond donors (Lipinski definition) is 1. The molecular weight excluding hydrogens is 298 g/mol. The van der Waals surface area contributed by atoms with Crippen molar-refractivity contribution < 1.29 is 13.9 Å². The molecule has 0 atom stereocenters. The molecule has 1 aromatic heterocycles. The topological polar surface area (TPSA) is 43.6 Å². The Bertz CT molecular complexity index is 553. The van der Waals surface area contributed by atoms with Crippen LogP contribution in [-0.4, -0.2) is 6.79 Å². The van der Waals surface area contributed by atoms with Crippen molar-refractivity contribution in [2.24, 2.45) is 0 Å². The number of ether oxygens (including phenoxy) is 2. The van der Waals surface area contributed by atoms with Crippen molar-refractivity contribution in [3.8, 4) is 11.5 Å². The highest BCUT2D eigenvalue weighted by atomic mass is 79.9. The van der Waals surface area contributed by atoms with Crippen molar-refractivity contribution in [1.29, 1.82) is 0 Å². The van der Waals surface area contributed by atoms with Gasteiger partial charge in [0.25, 0.3) is 0 Å². The molecule has 1 aliphatic rings. The lowest BCUT2D eigenvalue weighted by atomic mass is 10.2. The van der Waals surface area contributed by atoms with Crippen molar-refractivity contribution in [2.75, 3.05) is 6.79 Å². The molecule has 4 nitrogen and oxygen atoms in total. The monoisotopic (exact) mass is 309 g/mol. The average molecular weight is 310 g/mol. The van der Waals surface area contributed by atoms with E-state index in [0.29, 0.717) is 13.3 Å². The largest absolute Gasteiger partial charge is 0.454 e. The van der Waals surface area contributed by atoms with Gasteiger partial charge >= 0.3 is 0 Å². The highest BCUT2D eigenvalue weighted by Gasteiger charge is 2.12. The third-order valence-electron chi connectivity index (χ3n) is 2.69. The van der Waals surface area contributed by atoms with Crippen LogP contribution in [0.15, 0.2) is 39.4 Å². The predicted molar refractivity (Wildman–Crippen MR) is 69.5 cm³/mol. The molecule has 0 saturated heterocycles. The third-order valence-corrected chi connectivity index (χ3v) is 3.12. The van der Waals surface area contributed by atoms with E-state index < -0.39 is 0 Å². The van der Waals surface area contributed by atoms with Crippen LogP contribution in [0, 0.1) is 0 Å². The van der Waals surface area contributed by atoms with E-state index in [9.17, 15) is 0 Å². The fourth-order valence-corrected chi connectivity index (χ4v) is 2.17. The fraction of sp³-hybridized carbons (Fsp3) is 0.231. The summed E-state index contributed by atoms with van der Waals surface area (Å²) in [7, 11) is 0. The zero-order chi connectivity index (χ0) is 12.4. The molecule has 0 saturated carbocycles. The number of nitrogens with one attached hydrogen (secondary N) is 1. The van der Waals surface area contributed by atoms with E-state index in [1.54, 1.807) is 0 Å². The molecule has 0 radical (unpaired) electrons. The molecule has 0 aliphatic carbocycles. The summed E-state index contributed by atoms with van der Waals surface area (Å²) in [5.41, 5.74) is 1.16. The van der Waals surface area contributed by atoms with E-state index in [0.717, 1.165) is 34.0 Å². The van der Waals surface area contributed by atoms with Gasteiger partial charge in [0.05, 0.1) is 6.54 Å². The maximum atomic E-state index is 5.40. The van der Waals surface area contributed by atoms with Crippen LogP contribution < -0.4 is 14.8 Å². The van der Waals surface area contributed by atoms with Crippen molar-refractivity contribution in [2.45, 2.75) is 13.1 Å². The van der Waals surface area contributed by atoms with Crippen LogP contribution in [-0.2, 0) is 13.1 Å². The lowest BCUT2D eigenvalue weighted by Gasteiger charge is -2.04. The number of benzene rings is 1. The molecule has 2 heterocycles. The normalized spacial score (nSPS) is 12.9. The van der Waals surface area contributed by atoms with Gasteiger partial charge in [0.15, 0.2) is 16.2 Å². The quantitative estimate of drug-likeness (QED) is 0.942. The SMILES string of the molecule is Brc1ccc(CNCc2ccc3c(c2)OCO3)o1. The van der Waals surface area contributed by atoms with Crippen LogP contribution >= 0.6 is 15.9 Å². The van der Waals surface area contributed by atoms with Crippen molar-refractivity contribution in [3.63, 3.8) is 0 Å². The van der Waals surface area contributed by atoms with Crippen LogP contribution in [0.25, 0.3) is 0 Å². The van der Waals surface area contributed by atoms with Gasteiger partial charge in [-0.3, -0.25) is 0 Å². The van der Waals surface area contributed by atoms with Crippen LogP contribution in [0.2, 0.25) is 0 Å². The van der Waals surface area contributed by atoms with Gasteiger partial charge in [-0.25, -0.2) is 0 Å². The third kappa shape index (κ3) is 2.52. The first-order valence-electron chi connectivity index (χ1n) is 5.65. The molecule has 0 spiro atoms. The predicted octanol–water partition coefficient (Wildman–Crippen LogP) is 3.06. The van der Waals surface area contributed by atoms with Gasteiger partial charge in [-0.1, -0.05) is 6.07 Å².